The first-order valence-corrected chi connectivity index (χ1v) is 7.10. The molecule has 1 saturated heterocycles. The van der Waals surface area contributed by atoms with Gasteiger partial charge in [0.25, 0.3) is 0 Å². The topological polar surface area (TPSA) is 62.7 Å². The van der Waals surface area contributed by atoms with Crippen LogP contribution in [-0.2, 0) is 16.1 Å². The van der Waals surface area contributed by atoms with Gasteiger partial charge in [-0.1, -0.05) is 13.0 Å². The van der Waals surface area contributed by atoms with E-state index in [2.05, 4.69) is 9.88 Å². The maximum Gasteiger partial charge on any atom is 0.313 e. The summed E-state index contributed by atoms with van der Waals surface area (Å²) < 4.78 is 5.42. The molecule has 1 unspecified atom stereocenters. The van der Waals surface area contributed by atoms with Crippen molar-refractivity contribution in [2.75, 3.05) is 26.3 Å². The van der Waals surface area contributed by atoms with Gasteiger partial charge >= 0.3 is 5.97 Å². The van der Waals surface area contributed by atoms with Crippen molar-refractivity contribution >= 4 is 5.97 Å². The summed E-state index contributed by atoms with van der Waals surface area (Å²) in [5.74, 6) is -0.753. The molecule has 0 spiro atoms. The maximum absolute atomic E-state index is 11.7. The Kier molecular flexibility index (Phi) is 5.09. The lowest BCUT2D eigenvalue weighted by atomic mass is 9.82. The third kappa shape index (κ3) is 3.55. The fourth-order valence-electron chi connectivity index (χ4n) is 2.64. The molecule has 2 rings (SSSR count). The molecule has 110 valence electrons. The molecule has 0 amide bonds. The van der Waals surface area contributed by atoms with Crippen LogP contribution in [0.4, 0.5) is 0 Å². The number of hydrogen-bond acceptors (Lipinski definition) is 4. The smallest absolute Gasteiger partial charge is 0.313 e. The van der Waals surface area contributed by atoms with Gasteiger partial charge in [-0.05, 0) is 31.5 Å². The second-order valence-electron chi connectivity index (χ2n) is 5.37. The Morgan fingerprint density at radius 1 is 1.55 bits per heavy atom. The van der Waals surface area contributed by atoms with Crippen molar-refractivity contribution < 1.29 is 14.6 Å². The van der Waals surface area contributed by atoms with E-state index in [1.54, 1.807) is 6.20 Å². The molecule has 5 nitrogen and oxygen atoms in total. The summed E-state index contributed by atoms with van der Waals surface area (Å²) in [6.07, 6.45) is 3.26. The van der Waals surface area contributed by atoms with Crippen LogP contribution in [-0.4, -0.2) is 47.3 Å². The SMILES string of the molecule is CCN(Cc1ccccn1)CC1(C(=O)O)CCCOC1. The Morgan fingerprint density at radius 3 is 2.95 bits per heavy atom. The van der Waals surface area contributed by atoms with Crippen LogP contribution in [0.25, 0.3) is 0 Å². The van der Waals surface area contributed by atoms with Crippen molar-refractivity contribution in [3.05, 3.63) is 30.1 Å². The van der Waals surface area contributed by atoms with E-state index in [9.17, 15) is 9.90 Å². The number of ether oxygens (including phenoxy) is 1. The number of nitrogens with zero attached hydrogens (tertiary/aromatic N) is 2. The molecule has 20 heavy (non-hydrogen) atoms. The third-order valence-electron chi connectivity index (χ3n) is 3.86. The highest BCUT2D eigenvalue weighted by Crippen LogP contribution is 2.30. The number of aromatic nitrogens is 1. The summed E-state index contributed by atoms with van der Waals surface area (Å²) in [6, 6.07) is 5.80. The predicted octanol–water partition coefficient (Wildman–Crippen LogP) is 1.78. The van der Waals surface area contributed by atoms with Gasteiger partial charge in [-0.2, -0.15) is 0 Å². The predicted molar refractivity (Wildman–Crippen MR) is 75.3 cm³/mol. The molecule has 0 saturated carbocycles. The fraction of sp³-hybridized carbons (Fsp3) is 0.600. The van der Waals surface area contributed by atoms with Gasteiger partial charge in [-0.3, -0.25) is 14.7 Å². The number of carboxylic acid groups (broad SMARTS) is 1. The minimum Gasteiger partial charge on any atom is -0.481 e. The normalized spacial score (nSPS) is 22.9. The minimum absolute atomic E-state index is 0.307. The van der Waals surface area contributed by atoms with Gasteiger partial charge in [0.15, 0.2) is 0 Å². The summed E-state index contributed by atoms with van der Waals surface area (Å²) in [5.41, 5.74) is 0.190. The second kappa shape index (κ2) is 6.81. The van der Waals surface area contributed by atoms with Gasteiger partial charge in [-0.15, -0.1) is 0 Å². The molecular formula is C15H22N2O3. The van der Waals surface area contributed by atoms with E-state index < -0.39 is 11.4 Å². The van der Waals surface area contributed by atoms with Crippen molar-refractivity contribution in [1.29, 1.82) is 0 Å². The molecule has 0 radical (unpaired) electrons. The first-order chi connectivity index (χ1) is 9.66. The lowest BCUT2D eigenvalue weighted by molar-refractivity contribution is -0.159. The van der Waals surface area contributed by atoms with E-state index in [0.717, 1.165) is 18.7 Å². The molecule has 0 aliphatic carbocycles. The Morgan fingerprint density at radius 2 is 2.40 bits per heavy atom. The summed E-state index contributed by atoms with van der Waals surface area (Å²) >= 11 is 0. The molecule has 5 heteroatoms. The Labute approximate surface area is 119 Å². The minimum atomic E-state index is -0.775. The van der Waals surface area contributed by atoms with E-state index in [4.69, 9.17) is 4.74 Å². The lowest BCUT2D eigenvalue weighted by Gasteiger charge is -2.37. The highest BCUT2D eigenvalue weighted by Gasteiger charge is 2.41. The van der Waals surface area contributed by atoms with Crippen LogP contribution in [0.5, 0.6) is 0 Å². The maximum atomic E-state index is 11.7. The largest absolute Gasteiger partial charge is 0.481 e. The highest BCUT2D eigenvalue weighted by atomic mass is 16.5. The van der Waals surface area contributed by atoms with Gasteiger partial charge < -0.3 is 9.84 Å². The zero-order valence-corrected chi connectivity index (χ0v) is 11.9. The van der Waals surface area contributed by atoms with Gasteiger partial charge in [0.05, 0.1) is 12.3 Å². The summed E-state index contributed by atoms with van der Waals surface area (Å²) in [7, 11) is 0. The standard InChI is InChI=1S/C15H22N2O3/c1-2-17(10-13-6-3-4-8-16-13)11-15(14(18)19)7-5-9-20-12-15/h3-4,6,8H,2,5,7,9-12H2,1H3,(H,18,19). The summed E-state index contributed by atoms with van der Waals surface area (Å²) in [5, 5.41) is 9.58. The molecule has 1 fully saturated rings. The molecule has 1 aromatic heterocycles. The Balaban J connectivity index is 2.05. The quantitative estimate of drug-likeness (QED) is 0.859. The fourth-order valence-corrected chi connectivity index (χ4v) is 2.64. The number of hydrogen-bond donors (Lipinski definition) is 1. The van der Waals surface area contributed by atoms with Crippen molar-refractivity contribution in [3.8, 4) is 0 Å². The van der Waals surface area contributed by atoms with Crippen molar-refractivity contribution in [2.45, 2.75) is 26.3 Å². The molecule has 1 N–H and O–H groups in total. The van der Waals surface area contributed by atoms with Crippen LogP contribution >= 0.6 is 0 Å². The highest BCUT2D eigenvalue weighted by molar-refractivity contribution is 5.75. The van der Waals surface area contributed by atoms with Crippen LogP contribution in [0, 0.1) is 5.41 Å². The third-order valence-corrected chi connectivity index (χ3v) is 3.86. The molecule has 0 aromatic carbocycles. The summed E-state index contributed by atoms with van der Waals surface area (Å²) in [4.78, 5) is 18.1. The number of pyridine rings is 1. The first-order valence-electron chi connectivity index (χ1n) is 7.10. The van der Waals surface area contributed by atoms with E-state index in [1.807, 2.05) is 25.1 Å². The second-order valence-corrected chi connectivity index (χ2v) is 5.37. The number of carbonyl (C=O) groups is 1. The summed E-state index contributed by atoms with van der Waals surface area (Å²) in [6.45, 7) is 5.00. The molecule has 1 aliphatic rings. The average Bonchev–Trinajstić information content (AvgIpc) is 2.48. The van der Waals surface area contributed by atoms with Crippen molar-refractivity contribution in [1.82, 2.24) is 9.88 Å². The molecule has 1 atom stereocenters. The van der Waals surface area contributed by atoms with Gasteiger partial charge in [0.2, 0.25) is 0 Å². The van der Waals surface area contributed by atoms with Crippen LogP contribution in [0.1, 0.15) is 25.5 Å². The van der Waals surface area contributed by atoms with Crippen molar-refractivity contribution in [3.63, 3.8) is 0 Å². The van der Waals surface area contributed by atoms with E-state index in [0.29, 0.717) is 32.7 Å². The number of carboxylic acids is 1. The van der Waals surface area contributed by atoms with Crippen LogP contribution in [0.15, 0.2) is 24.4 Å². The first kappa shape index (κ1) is 14.9. The van der Waals surface area contributed by atoms with Gasteiger partial charge in [0.1, 0.15) is 5.41 Å². The molecule has 2 heterocycles. The van der Waals surface area contributed by atoms with Gasteiger partial charge in [-0.25, -0.2) is 0 Å². The monoisotopic (exact) mass is 278 g/mol. The van der Waals surface area contributed by atoms with Gasteiger partial charge in [0, 0.05) is 25.9 Å². The van der Waals surface area contributed by atoms with E-state index >= 15 is 0 Å². The van der Waals surface area contributed by atoms with Crippen LogP contribution < -0.4 is 0 Å². The molecule has 0 bridgehead atoms. The average molecular weight is 278 g/mol. The van der Waals surface area contributed by atoms with Crippen LogP contribution in [0.2, 0.25) is 0 Å². The number of rotatable bonds is 6. The lowest BCUT2D eigenvalue weighted by Crippen LogP contribution is -2.48. The molecular weight excluding hydrogens is 256 g/mol. The Hall–Kier alpha value is -1.46. The molecule has 1 aromatic rings. The van der Waals surface area contributed by atoms with Crippen LogP contribution in [0.3, 0.4) is 0 Å². The molecule has 1 aliphatic heterocycles. The zero-order chi connectivity index (χ0) is 14.4. The van der Waals surface area contributed by atoms with Crippen molar-refractivity contribution in [2.24, 2.45) is 5.41 Å². The zero-order valence-electron chi connectivity index (χ0n) is 11.9. The Bertz CT molecular complexity index is 430. The van der Waals surface area contributed by atoms with E-state index in [-0.39, 0.29) is 0 Å². The number of aliphatic carboxylic acids is 1. The van der Waals surface area contributed by atoms with E-state index in [1.165, 1.54) is 0 Å².